The monoisotopic (exact) mass is 304 g/mol. The van der Waals surface area contributed by atoms with Crippen molar-refractivity contribution in [1.29, 1.82) is 0 Å². The Kier molecular flexibility index (Phi) is 4.65. The second-order valence-corrected chi connectivity index (χ2v) is 6.92. The molecule has 4 nitrogen and oxygen atoms in total. The summed E-state index contributed by atoms with van der Waals surface area (Å²) in [6.07, 6.45) is 0.655. The van der Waals surface area contributed by atoms with E-state index in [1.165, 1.54) is 11.6 Å². The molecule has 0 aliphatic heterocycles. The van der Waals surface area contributed by atoms with Crippen molar-refractivity contribution in [3.05, 3.63) is 59.2 Å². The fourth-order valence-corrected chi connectivity index (χ4v) is 3.13. The van der Waals surface area contributed by atoms with Crippen LogP contribution in [-0.2, 0) is 16.4 Å². The summed E-state index contributed by atoms with van der Waals surface area (Å²) < 4.78 is 27.0. The Morgan fingerprint density at radius 3 is 2.52 bits per heavy atom. The van der Waals surface area contributed by atoms with E-state index in [-0.39, 0.29) is 4.90 Å². The molecule has 0 aliphatic carbocycles. The molecule has 5 heteroatoms. The molecular weight excluding hydrogens is 284 g/mol. The van der Waals surface area contributed by atoms with E-state index in [1.807, 2.05) is 32.0 Å². The lowest BCUT2D eigenvalue weighted by Gasteiger charge is -2.09. The first-order valence-electron chi connectivity index (χ1n) is 6.80. The second-order valence-electron chi connectivity index (χ2n) is 5.16. The molecule has 21 heavy (non-hydrogen) atoms. The summed E-state index contributed by atoms with van der Waals surface area (Å²) in [6, 6.07) is 12.8. The van der Waals surface area contributed by atoms with Gasteiger partial charge in [-0.3, -0.25) is 0 Å². The van der Waals surface area contributed by atoms with Crippen LogP contribution in [0.15, 0.2) is 47.4 Å². The summed E-state index contributed by atoms with van der Waals surface area (Å²) in [7, 11) is -3.51. The van der Waals surface area contributed by atoms with Crippen LogP contribution < -0.4 is 10.5 Å². The van der Waals surface area contributed by atoms with Gasteiger partial charge in [-0.25, -0.2) is 13.1 Å². The quantitative estimate of drug-likeness (QED) is 0.833. The van der Waals surface area contributed by atoms with Crippen molar-refractivity contribution in [3.8, 4) is 0 Å². The van der Waals surface area contributed by atoms with Crippen LogP contribution in [0.25, 0.3) is 0 Å². The minimum absolute atomic E-state index is 0.204. The molecule has 2 aromatic rings. The van der Waals surface area contributed by atoms with Crippen LogP contribution >= 0.6 is 0 Å². The van der Waals surface area contributed by atoms with Crippen molar-refractivity contribution in [2.45, 2.75) is 25.2 Å². The zero-order valence-electron chi connectivity index (χ0n) is 12.3. The molecule has 2 rings (SSSR count). The first kappa shape index (κ1) is 15.5. The summed E-state index contributed by atoms with van der Waals surface area (Å²) in [5, 5.41) is 0. The molecule has 0 saturated heterocycles. The van der Waals surface area contributed by atoms with E-state index in [4.69, 9.17) is 5.73 Å². The normalized spacial score (nSPS) is 11.5. The van der Waals surface area contributed by atoms with Crippen LogP contribution in [-0.4, -0.2) is 15.0 Å². The Balaban J connectivity index is 2.03. The fourth-order valence-electron chi connectivity index (χ4n) is 2.07. The van der Waals surface area contributed by atoms with Gasteiger partial charge in [0.25, 0.3) is 0 Å². The van der Waals surface area contributed by atoms with Gasteiger partial charge in [0.2, 0.25) is 10.0 Å². The summed E-state index contributed by atoms with van der Waals surface area (Å²) in [5.41, 5.74) is 9.39. The van der Waals surface area contributed by atoms with Gasteiger partial charge in [-0.15, -0.1) is 0 Å². The molecule has 0 amide bonds. The Hall–Kier alpha value is -1.85. The third-order valence-corrected chi connectivity index (χ3v) is 4.81. The molecule has 3 N–H and O–H groups in total. The molecule has 112 valence electrons. The van der Waals surface area contributed by atoms with Gasteiger partial charge in [-0.2, -0.15) is 0 Å². The maximum absolute atomic E-state index is 12.2. The van der Waals surface area contributed by atoms with Crippen LogP contribution in [0, 0.1) is 13.8 Å². The molecule has 0 aliphatic rings. The minimum Gasteiger partial charge on any atom is -0.398 e. The Labute approximate surface area is 126 Å². The number of aryl methyl sites for hydroxylation is 2. The van der Waals surface area contributed by atoms with Crippen LogP contribution in [0.4, 0.5) is 5.69 Å². The highest BCUT2D eigenvalue weighted by Gasteiger charge is 2.14. The van der Waals surface area contributed by atoms with Crippen LogP contribution in [0.2, 0.25) is 0 Å². The van der Waals surface area contributed by atoms with Gasteiger partial charge >= 0.3 is 0 Å². The lowest BCUT2D eigenvalue weighted by atomic mass is 10.1. The van der Waals surface area contributed by atoms with Crippen molar-refractivity contribution in [3.63, 3.8) is 0 Å². The number of benzene rings is 2. The van der Waals surface area contributed by atoms with Crippen molar-refractivity contribution < 1.29 is 8.42 Å². The van der Waals surface area contributed by atoms with E-state index in [9.17, 15) is 8.42 Å². The van der Waals surface area contributed by atoms with Crippen LogP contribution in [0.3, 0.4) is 0 Å². The van der Waals surface area contributed by atoms with Gasteiger partial charge in [0, 0.05) is 12.2 Å². The highest BCUT2D eigenvalue weighted by Crippen LogP contribution is 2.17. The van der Waals surface area contributed by atoms with Crippen molar-refractivity contribution in [1.82, 2.24) is 4.72 Å². The number of rotatable bonds is 5. The number of nitrogen functional groups attached to an aromatic ring is 1. The third-order valence-electron chi connectivity index (χ3n) is 3.35. The first-order chi connectivity index (χ1) is 9.88. The fraction of sp³-hybridized carbons (Fsp3) is 0.250. The molecule has 0 bridgehead atoms. The summed E-state index contributed by atoms with van der Waals surface area (Å²) in [5.74, 6) is 0. The Bertz CT molecular complexity index is 740. The number of sulfonamides is 1. The van der Waals surface area contributed by atoms with E-state index in [0.29, 0.717) is 18.7 Å². The summed E-state index contributed by atoms with van der Waals surface area (Å²) in [6.45, 7) is 4.22. The minimum atomic E-state index is -3.51. The molecule has 0 saturated carbocycles. The summed E-state index contributed by atoms with van der Waals surface area (Å²) >= 11 is 0. The van der Waals surface area contributed by atoms with E-state index in [1.54, 1.807) is 12.1 Å². The Morgan fingerprint density at radius 1 is 1.10 bits per heavy atom. The van der Waals surface area contributed by atoms with E-state index in [0.717, 1.165) is 11.1 Å². The molecule has 0 fully saturated rings. The average molecular weight is 304 g/mol. The van der Waals surface area contributed by atoms with E-state index < -0.39 is 10.0 Å². The molecular formula is C16H20N2O2S. The van der Waals surface area contributed by atoms with Gasteiger partial charge < -0.3 is 5.73 Å². The molecule has 0 aromatic heterocycles. The number of hydrogen-bond donors (Lipinski definition) is 2. The zero-order valence-corrected chi connectivity index (χ0v) is 13.1. The first-order valence-corrected chi connectivity index (χ1v) is 8.28. The van der Waals surface area contributed by atoms with Crippen LogP contribution in [0.5, 0.6) is 0 Å². The van der Waals surface area contributed by atoms with E-state index in [2.05, 4.69) is 10.8 Å². The average Bonchev–Trinajstić information content (AvgIpc) is 2.41. The lowest BCUT2D eigenvalue weighted by molar-refractivity contribution is 0.581. The molecule has 0 unspecified atom stereocenters. The summed E-state index contributed by atoms with van der Waals surface area (Å²) in [4.78, 5) is 0.204. The maximum Gasteiger partial charge on any atom is 0.240 e. The Morgan fingerprint density at radius 2 is 1.86 bits per heavy atom. The highest BCUT2D eigenvalue weighted by atomic mass is 32.2. The highest BCUT2D eigenvalue weighted by molar-refractivity contribution is 7.89. The van der Waals surface area contributed by atoms with Crippen molar-refractivity contribution in [2.24, 2.45) is 0 Å². The van der Waals surface area contributed by atoms with Gasteiger partial charge in [-0.1, -0.05) is 35.9 Å². The predicted octanol–water partition coefficient (Wildman–Crippen LogP) is 2.41. The van der Waals surface area contributed by atoms with Crippen molar-refractivity contribution in [2.75, 3.05) is 12.3 Å². The zero-order chi connectivity index (χ0) is 15.5. The third kappa shape index (κ3) is 4.06. The number of anilines is 1. The number of hydrogen-bond acceptors (Lipinski definition) is 3. The van der Waals surface area contributed by atoms with Crippen LogP contribution in [0.1, 0.15) is 16.7 Å². The number of nitrogens with two attached hydrogens (primary N) is 1. The molecule has 0 radical (unpaired) electrons. The van der Waals surface area contributed by atoms with Gasteiger partial charge in [-0.05, 0) is 43.5 Å². The van der Waals surface area contributed by atoms with Gasteiger partial charge in [0.15, 0.2) is 0 Å². The largest absolute Gasteiger partial charge is 0.398 e. The van der Waals surface area contributed by atoms with Crippen molar-refractivity contribution >= 4 is 15.7 Å². The predicted molar refractivity (Wildman–Crippen MR) is 85.7 cm³/mol. The molecule has 0 atom stereocenters. The molecule has 0 heterocycles. The standard InChI is InChI=1S/C16H20N2O2S/c1-12-4-3-5-14(10-12)8-9-18-21(19,20)15-7-6-13(2)16(17)11-15/h3-7,10-11,18H,8-9,17H2,1-2H3. The molecule has 2 aromatic carbocycles. The SMILES string of the molecule is Cc1cccc(CCNS(=O)(=O)c2ccc(C)c(N)c2)c1. The molecule has 0 spiro atoms. The lowest BCUT2D eigenvalue weighted by Crippen LogP contribution is -2.26. The van der Waals surface area contributed by atoms with Gasteiger partial charge in [0.05, 0.1) is 4.90 Å². The number of nitrogens with one attached hydrogen (secondary N) is 1. The smallest absolute Gasteiger partial charge is 0.240 e. The van der Waals surface area contributed by atoms with Gasteiger partial charge in [0.1, 0.15) is 0 Å². The maximum atomic E-state index is 12.2. The van der Waals surface area contributed by atoms with E-state index >= 15 is 0 Å². The second kappa shape index (κ2) is 6.28. The topological polar surface area (TPSA) is 72.2 Å².